The maximum Gasteiger partial charge on any atom is 0.330 e. The first-order chi connectivity index (χ1) is 7.00. The molecule has 3 amide bonds. The Balaban J connectivity index is 2.74. The number of amides is 3. The summed E-state index contributed by atoms with van der Waals surface area (Å²) in [6, 6.07) is 3.77. The van der Waals surface area contributed by atoms with E-state index in [0.717, 1.165) is 0 Å². The van der Waals surface area contributed by atoms with Crippen LogP contribution in [0.5, 0.6) is 0 Å². The van der Waals surface area contributed by atoms with Crippen molar-refractivity contribution in [3.63, 3.8) is 0 Å². The van der Waals surface area contributed by atoms with E-state index in [1.54, 1.807) is 6.07 Å². The molecular weight excluding hydrogens is 285 g/mol. The van der Waals surface area contributed by atoms with E-state index in [1.165, 1.54) is 12.1 Å². The van der Waals surface area contributed by atoms with E-state index < -0.39 is 11.9 Å². The molecule has 1 aromatic rings. The van der Waals surface area contributed by atoms with Gasteiger partial charge in [0.2, 0.25) is 0 Å². The Bertz CT molecular complexity index is 411. The van der Waals surface area contributed by atoms with Crippen molar-refractivity contribution in [2.45, 2.75) is 0 Å². The first kappa shape index (κ1) is 11.8. The van der Waals surface area contributed by atoms with E-state index in [2.05, 4.69) is 21.4 Å². The van der Waals surface area contributed by atoms with Crippen LogP contribution < -0.4 is 16.6 Å². The van der Waals surface area contributed by atoms with Crippen molar-refractivity contribution in [3.05, 3.63) is 33.3 Å². The van der Waals surface area contributed by atoms with Gasteiger partial charge in [-0.3, -0.25) is 10.2 Å². The number of urea groups is 1. The third kappa shape index (κ3) is 3.41. The average Bonchev–Trinajstić information content (AvgIpc) is 2.18. The normalized spacial score (nSPS) is 9.47. The first-order valence-electron chi connectivity index (χ1n) is 3.81. The fourth-order valence-corrected chi connectivity index (χ4v) is 1.32. The van der Waals surface area contributed by atoms with Gasteiger partial charge in [-0.25, -0.2) is 10.2 Å². The SMILES string of the molecule is NC(=O)NNC(=O)c1ccc(Cl)c(Br)c1. The molecule has 4 N–H and O–H groups in total. The minimum atomic E-state index is -0.837. The Morgan fingerprint density at radius 1 is 1.33 bits per heavy atom. The fourth-order valence-electron chi connectivity index (χ4n) is 0.828. The highest BCUT2D eigenvalue weighted by molar-refractivity contribution is 9.10. The lowest BCUT2D eigenvalue weighted by Crippen LogP contribution is -2.44. The lowest BCUT2D eigenvalue weighted by Gasteiger charge is -2.05. The van der Waals surface area contributed by atoms with Crippen LogP contribution in [-0.4, -0.2) is 11.9 Å². The van der Waals surface area contributed by atoms with Crippen LogP contribution in [0.25, 0.3) is 0 Å². The molecule has 0 aliphatic heterocycles. The van der Waals surface area contributed by atoms with E-state index in [0.29, 0.717) is 15.1 Å². The van der Waals surface area contributed by atoms with Crippen LogP contribution in [0.1, 0.15) is 10.4 Å². The molecule has 0 bridgehead atoms. The van der Waals surface area contributed by atoms with Gasteiger partial charge in [-0.15, -0.1) is 0 Å². The zero-order valence-electron chi connectivity index (χ0n) is 7.38. The average molecular weight is 293 g/mol. The first-order valence-corrected chi connectivity index (χ1v) is 4.98. The van der Waals surface area contributed by atoms with Crippen molar-refractivity contribution in [2.24, 2.45) is 5.73 Å². The highest BCUT2D eigenvalue weighted by Crippen LogP contribution is 2.22. The molecule has 80 valence electrons. The van der Waals surface area contributed by atoms with Crippen molar-refractivity contribution in [1.29, 1.82) is 0 Å². The molecule has 7 heteroatoms. The number of hydrazine groups is 1. The number of rotatable bonds is 1. The summed E-state index contributed by atoms with van der Waals surface area (Å²) < 4.78 is 0.593. The number of hydrogen-bond acceptors (Lipinski definition) is 2. The molecule has 0 atom stereocenters. The van der Waals surface area contributed by atoms with Gasteiger partial charge in [-0.05, 0) is 34.1 Å². The van der Waals surface area contributed by atoms with Crippen LogP contribution >= 0.6 is 27.5 Å². The Labute approximate surface area is 99.1 Å². The van der Waals surface area contributed by atoms with Crippen LogP contribution in [-0.2, 0) is 0 Å². The molecule has 0 spiro atoms. The number of carbonyl (C=O) groups is 2. The maximum absolute atomic E-state index is 11.4. The molecule has 15 heavy (non-hydrogen) atoms. The number of hydrogen-bond donors (Lipinski definition) is 3. The van der Waals surface area contributed by atoms with Gasteiger partial charge in [0.05, 0.1) is 5.02 Å². The minimum absolute atomic E-state index is 0.347. The lowest BCUT2D eigenvalue weighted by molar-refractivity contribution is 0.0937. The summed E-state index contributed by atoms with van der Waals surface area (Å²) in [5.41, 5.74) is 9.21. The molecule has 1 aromatic carbocycles. The van der Waals surface area contributed by atoms with Gasteiger partial charge in [0.25, 0.3) is 5.91 Å². The summed E-state index contributed by atoms with van der Waals surface area (Å²) in [7, 11) is 0. The molecular formula is C8H7BrClN3O2. The third-order valence-electron chi connectivity index (χ3n) is 1.48. The third-order valence-corrected chi connectivity index (χ3v) is 2.69. The quantitative estimate of drug-likeness (QED) is 0.684. The molecule has 0 aromatic heterocycles. The Morgan fingerprint density at radius 2 is 2.00 bits per heavy atom. The summed E-state index contributed by atoms with van der Waals surface area (Å²) in [5.74, 6) is -0.480. The number of halogens is 2. The summed E-state index contributed by atoms with van der Waals surface area (Å²) >= 11 is 8.91. The van der Waals surface area contributed by atoms with Gasteiger partial charge >= 0.3 is 6.03 Å². The second-order valence-corrected chi connectivity index (χ2v) is 3.83. The van der Waals surface area contributed by atoms with E-state index in [4.69, 9.17) is 17.3 Å². The molecule has 5 nitrogen and oxygen atoms in total. The molecule has 0 fully saturated rings. The molecule has 1 rings (SSSR count). The van der Waals surface area contributed by atoms with Crippen molar-refractivity contribution in [1.82, 2.24) is 10.9 Å². The number of nitrogens with two attached hydrogens (primary N) is 1. The van der Waals surface area contributed by atoms with Crippen molar-refractivity contribution in [3.8, 4) is 0 Å². The highest BCUT2D eigenvalue weighted by Gasteiger charge is 2.07. The van der Waals surface area contributed by atoms with Gasteiger partial charge in [-0.2, -0.15) is 0 Å². The van der Waals surface area contributed by atoms with Crippen molar-refractivity contribution in [2.75, 3.05) is 0 Å². The molecule has 0 heterocycles. The number of carbonyl (C=O) groups excluding carboxylic acids is 2. The Kier molecular flexibility index (Phi) is 3.93. The predicted molar refractivity (Wildman–Crippen MR) is 59.3 cm³/mol. The van der Waals surface area contributed by atoms with E-state index in [9.17, 15) is 9.59 Å². The topological polar surface area (TPSA) is 84.2 Å². The van der Waals surface area contributed by atoms with E-state index in [1.807, 2.05) is 5.43 Å². The van der Waals surface area contributed by atoms with Crippen LogP contribution in [0.2, 0.25) is 5.02 Å². The Morgan fingerprint density at radius 3 is 2.53 bits per heavy atom. The second-order valence-electron chi connectivity index (χ2n) is 2.57. The van der Waals surface area contributed by atoms with Gasteiger partial charge in [0, 0.05) is 10.0 Å². The molecule has 0 saturated carbocycles. The summed E-state index contributed by atoms with van der Waals surface area (Å²) in [4.78, 5) is 21.7. The smallest absolute Gasteiger partial charge is 0.330 e. The standard InChI is InChI=1S/C8H7BrClN3O2/c9-5-3-4(1-2-6(5)10)7(14)12-13-8(11)15/h1-3H,(H,12,14)(H3,11,13,15). The van der Waals surface area contributed by atoms with Crippen LogP contribution in [0.3, 0.4) is 0 Å². The fraction of sp³-hybridized carbons (Fsp3) is 0. The van der Waals surface area contributed by atoms with E-state index >= 15 is 0 Å². The van der Waals surface area contributed by atoms with E-state index in [-0.39, 0.29) is 0 Å². The van der Waals surface area contributed by atoms with Gasteiger partial charge in [0.1, 0.15) is 0 Å². The molecule has 0 saturated heterocycles. The lowest BCUT2D eigenvalue weighted by atomic mass is 10.2. The second kappa shape index (κ2) is 4.99. The van der Waals surface area contributed by atoms with Crippen LogP contribution in [0.15, 0.2) is 22.7 Å². The maximum atomic E-state index is 11.4. The zero-order chi connectivity index (χ0) is 11.4. The molecule has 0 radical (unpaired) electrons. The van der Waals surface area contributed by atoms with Crippen molar-refractivity contribution >= 4 is 39.5 Å². The molecule has 0 unspecified atom stereocenters. The van der Waals surface area contributed by atoms with Gasteiger partial charge < -0.3 is 5.73 Å². The molecule has 0 aliphatic carbocycles. The van der Waals surface area contributed by atoms with Crippen LogP contribution in [0, 0.1) is 0 Å². The van der Waals surface area contributed by atoms with Gasteiger partial charge in [0.15, 0.2) is 0 Å². The zero-order valence-corrected chi connectivity index (χ0v) is 9.72. The summed E-state index contributed by atoms with van der Waals surface area (Å²) in [5, 5.41) is 0.495. The largest absolute Gasteiger partial charge is 0.350 e. The highest BCUT2D eigenvalue weighted by atomic mass is 79.9. The minimum Gasteiger partial charge on any atom is -0.350 e. The number of benzene rings is 1. The predicted octanol–water partition coefficient (Wildman–Crippen LogP) is 1.42. The molecule has 0 aliphatic rings. The summed E-state index contributed by atoms with van der Waals surface area (Å²) in [6.07, 6.45) is 0. The summed E-state index contributed by atoms with van der Waals surface area (Å²) in [6.45, 7) is 0. The number of primary amides is 1. The van der Waals surface area contributed by atoms with Crippen molar-refractivity contribution < 1.29 is 9.59 Å². The Hall–Kier alpha value is -1.27. The monoisotopic (exact) mass is 291 g/mol. The number of nitrogens with one attached hydrogen (secondary N) is 2. The van der Waals surface area contributed by atoms with Crippen LogP contribution in [0.4, 0.5) is 4.79 Å². The van der Waals surface area contributed by atoms with Gasteiger partial charge in [-0.1, -0.05) is 11.6 Å².